The first-order valence-corrected chi connectivity index (χ1v) is 4.67. The molecule has 1 nitrogen and oxygen atoms in total. The van der Waals surface area contributed by atoms with Crippen LogP contribution in [0.3, 0.4) is 0 Å². The molecule has 13 heavy (non-hydrogen) atoms. The molecule has 1 heteroatoms. The summed E-state index contributed by atoms with van der Waals surface area (Å²) in [4.78, 5) is 11.4. The van der Waals surface area contributed by atoms with E-state index >= 15 is 0 Å². The molecule has 0 spiro atoms. The van der Waals surface area contributed by atoms with Gasteiger partial charge in [0.05, 0.1) is 0 Å². The molecule has 0 N–H and O–H groups in total. The molecule has 0 saturated heterocycles. The predicted molar refractivity (Wildman–Crippen MR) is 51.3 cm³/mol. The predicted octanol–water partition coefficient (Wildman–Crippen LogP) is 2.39. The van der Waals surface area contributed by atoms with Gasteiger partial charge in [0.15, 0.2) is 5.78 Å². The van der Waals surface area contributed by atoms with Gasteiger partial charge in [-0.05, 0) is 29.5 Å². The third kappa shape index (κ3) is 0.966. The number of allylic oxidation sites excluding steroid dienone is 1. The second kappa shape index (κ2) is 2.32. The van der Waals surface area contributed by atoms with Crippen LogP contribution in [0.4, 0.5) is 0 Å². The van der Waals surface area contributed by atoms with Gasteiger partial charge in [-0.2, -0.15) is 0 Å². The smallest absolute Gasteiger partial charge is 0.159 e. The van der Waals surface area contributed by atoms with Gasteiger partial charge in [-0.1, -0.05) is 30.3 Å². The van der Waals surface area contributed by atoms with Gasteiger partial charge in [-0.15, -0.1) is 0 Å². The molecule has 1 saturated carbocycles. The standard InChI is InChI=1S/C12H10O/c13-12-6-5-8-3-1-2-4-9(8)10-7-11(10)12/h1-6,10-11H,7H2/t10-,11+/m1/s1. The quantitative estimate of drug-likeness (QED) is 0.584. The zero-order chi connectivity index (χ0) is 8.84. The summed E-state index contributed by atoms with van der Waals surface area (Å²) in [6.45, 7) is 0. The van der Waals surface area contributed by atoms with Crippen LogP contribution in [0.25, 0.3) is 6.08 Å². The van der Waals surface area contributed by atoms with E-state index in [4.69, 9.17) is 0 Å². The Labute approximate surface area is 77.1 Å². The first kappa shape index (κ1) is 7.07. The van der Waals surface area contributed by atoms with Crippen molar-refractivity contribution >= 4 is 11.9 Å². The Morgan fingerprint density at radius 2 is 1.92 bits per heavy atom. The number of carbonyl (C=O) groups excluding carboxylic acids is 1. The van der Waals surface area contributed by atoms with Crippen LogP contribution in [-0.4, -0.2) is 5.78 Å². The Hall–Kier alpha value is -1.37. The topological polar surface area (TPSA) is 17.1 Å². The Balaban J connectivity index is 2.17. The van der Waals surface area contributed by atoms with Crippen molar-refractivity contribution in [1.82, 2.24) is 0 Å². The van der Waals surface area contributed by atoms with Gasteiger partial charge >= 0.3 is 0 Å². The second-order valence-corrected chi connectivity index (χ2v) is 3.81. The largest absolute Gasteiger partial charge is 0.295 e. The van der Waals surface area contributed by atoms with Gasteiger partial charge in [0.1, 0.15) is 0 Å². The summed E-state index contributed by atoms with van der Waals surface area (Å²) in [5.41, 5.74) is 2.58. The fourth-order valence-electron chi connectivity index (χ4n) is 2.15. The lowest BCUT2D eigenvalue weighted by molar-refractivity contribution is -0.115. The summed E-state index contributed by atoms with van der Waals surface area (Å²) in [5, 5.41) is 0. The van der Waals surface area contributed by atoms with Crippen LogP contribution < -0.4 is 0 Å². The Morgan fingerprint density at radius 1 is 1.08 bits per heavy atom. The highest BCUT2D eigenvalue weighted by atomic mass is 16.1. The number of rotatable bonds is 0. The van der Waals surface area contributed by atoms with Crippen molar-refractivity contribution in [3.05, 3.63) is 41.5 Å². The Morgan fingerprint density at radius 3 is 2.85 bits per heavy atom. The number of hydrogen-bond acceptors (Lipinski definition) is 1. The van der Waals surface area contributed by atoms with Crippen molar-refractivity contribution in [2.45, 2.75) is 12.3 Å². The van der Waals surface area contributed by atoms with Crippen molar-refractivity contribution in [3.8, 4) is 0 Å². The van der Waals surface area contributed by atoms with Gasteiger partial charge in [0, 0.05) is 5.92 Å². The van der Waals surface area contributed by atoms with E-state index in [-0.39, 0.29) is 0 Å². The molecule has 0 amide bonds. The summed E-state index contributed by atoms with van der Waals surface area (Å²) in [6.07, 6.45) is 4.74. The van der Waals surface area contributed by atoms with E-state index in [0.29, 0.717) is 17.6 Å². The van der Waals surface area contributed by atoms with Gasteiger partial charge in [-0.3, -0.25) is 4.79 Å². The molecule has 1 aromatic carbocycles. The number of hydrogen-bond donors (Lipinski definition) is 0. The van der Waals surface area contributed by atoms with E-state index in [1.807, 2.05) is 12.1 Å². The lowest BCUT2D eigenvalue weighted by Crippen LogP contribution is -1.94. The summed E-state index contributed by atoms with van der Waals surface area (Å²) in [5.74, 6) is 1.11. The lowest BCUT2D eigenvalue weighted by Gasteiger charge is -2.01. The van der Waals surface area contributed by atoms with E-state index < -0.39 is 0 Å². The molecule has 1 aromatic rings. The minimum absolute atomic E-state index is 0.292. The van der Waals surface area contributed by atoms with Crippen LogP contribution in [0.1, 0.15) is 23.5 Å². The summed E-state index contributed by atoms with van der Waals surface area (Å²) < 4.78 is 0. The monoisotopic (exact) mass is 170 g/mol. The van der Waals surface area contributed by atoms with Crippen LogP contribution >= 0.6 is 0 Å². The summed E-state index contributed by atoms with van der Waals surface area (Å²) in [6, 6.07) is 8.30. The average molecular weight is 170 g/mol. The van der Waals surface area contributed by atoms with Gasteiger partial charge in [0.2, 0.25) is 0 Å². The van der Waals surface area contributed by atoms with Crippen molar-refractivity contribution in [2.75, 3.05) is 0 Å². The molecule has 0 unspecified atom stereocenters. The normalized spacial score (nSPS) is 29.1. The van der Waals surface area contributed by atoms with E-state index in [1.54, 1.807) is 6.08 Å². The molecule has 2 aliphatic carbocycles. The maximum atomic E-state index is 11.4. The highest BCUT2D eigenvalue weighted by Gasteiger charge is 2.44. The van der Waals surface area contributed by atoms with Gasteiger partial charge in [-0.25, -0.2) is 0 Å². The number of carbonyl (C=O) groups is 1. The molecule has 0 aromatic heterocycles. The van der Waals surface area contributed by atoms with E-state index in [1.165, 1.54) is 11.1 Å². The molecule has 2 aliphatic rings. The fraction of sp³-hybridized carbons (Fsp3) is 0.250. The molecule has 64 valence electrons. The van der Waals surface area contributed by atoms with Crippen LogP contribution in [0.5, 0.6) is 0 Å². The molecular formula is C12H10O. The van der Waals surface area contributed by atoms with Crippen molar-refractivity contribution in [2.24, 2.45) is 5.92 Å². The summed E-state index contributed by atoms with van der Waals surface area (Å²) >= 11 is 0. The molecule has 3 rings (SSSR count). The lowest BCUT2D eigenvalue weighted by atomic mass is 10.0. The van der Waals surface area contributed by atoms with Crippen LogP contribution in [-0.2, 0) is 4.79 Å². The molecule has 0 heterocycles. The third-order valence-electron chi connectivity index (χ3n) is 2.98. The Kier molecular flexibility index (Phi) is 1.26. The van der Waals surface area contributed by atoms with Crippen LogP contribution in [0, 0.1) is 5.92 Å². The SMILES string of the molecule is O=C1C=Cc2ccccc2[C@H]2C[C@H]12. The molecule has 0 radical (unpaired) electrons. The molecule has 0 bridgehead atoms. The Bertz CT molecular complexity index is 403. The first-order chi connectivity index (χ1) is 6.36. The molecule has 1 fully saturated rings. The van der Waals surface area contributed by atoms with E-state index in [0.717, 1.165) is 6.42 Å². The maximum absolute atomic E-state index is 11.4. The molecular weight excluding hydrogens is 160 g/mol. The average Bonchev–Trinajstić information content (AvgIpc) is 2.93. The minimum Gasteiger partial charge on any atom is -0.295 e. The van der Waals surface area contributed by atoms with Crippen molar-refractivity contribution in [3.63, 3.8) is 0 Å². The third-order valence-corrected chi connectivity index (χ3v) is 2.98. The molecule has 2 atom stereocenters. The van der Waals surface area contributed by atoms with E-state index in [2.05, 4.69) is 18.2 Å². The highest BCUT2D eigenvalue weighted by Crippen LogP contribution is 2.50. The number of ketones is 1. The zero-order valence-corrected chi connectivity index (χ0v) is 7.23. The zero-order valence-electron chi connectivity index (χ0n) is 7.23. The van der Waals surface area contributed by atoms with Crippen LogP contribution in [0.2, 0.25) is 0 Å². The fourth-order valence-corrected chi connectivity index (χ4v) is 2.15. The highest BCUT2D eigenvalue weighted by molar-refractivity contribution is 5.99. The second-order valence-electron chi connectivity index (χ2n) is 3.81. The number of fused-ring (bicyclic) bond motifs is 3. The molecule has 0 aliphatic heterocycles. The van der Waals surface area contributed by atoms with Crippen LogP contribution in [0.15, 0.2) is 30.3 Å². The first-order valence-electron chi connectivity index (χ1n) is 4.67. The van der Waals surface area contributed by atoms with Gasteiger partial charge < -0.3 is 0 Å². The van der Waals surface area contributed by atoms with Crippen molar-refractivity contribution < 1.29 is 4.79 Å². The maximum Gasteiger partial charge on any atom is 0.159 e. The minimum atomic E-state index is 0.292. The number of benzene rings is 1. The van der Waals surface area contributed by atoms with E-state index in [9.17, 15) is 4.79 Å². The summed E-state index contributed by atoms with van der Waals surface area (Å²) in [7, 11) is 0. The van der Waals surface area contributed by atoms with Crippen molar-refractivity contribution in [1.29, 1.82) is 0 Å². The van der Waals surface area contributed by atoms with Gasteiger partial charge in [0.25, 0.3) is 0 Å².